The Morgan fingerprint density at radius 1 is 1.06 bits per heavy atom. The maximum absolute atomic E-state index is 12.8. The van der Waals surface area contributed by atoms with Crippen LogP contribution in [0.5, 0.6) is 5.75 Å². The molecule has 0 bridgehead atoms. The molecule has 2 heterocycles. The lowest BCUT2D eigenvalue weighted by molar-refractivity contribution is 0.0990. The lowest BCUT2D eigenvalue weighted by atomic mass is 9.87. The number of aromatic nitrogens is 2. The Morgan fingerprint density at radius 2 is 1.77 bits per heavy atom. The highest BCUT2D eigenvalue weighted by Crippen LogP contribution is 2.25. The highest BCUT2D eigenvalue weighted by atomic mass is 32.2. The molecule has 2 aromatic heterocycles. The van der Waals surface area contributed by atoms with Gasteiger partial charge in [-0.2, -0.15) is 0 Å². The highest BCUT2D eigenvalue weighted by Gasteiger charge is 2.20. The maximum atomic E-state index is 12.8. The average Bonchev–Trinajstić information content (AvgIpc) is 2.74. The van der Waals surface area contributed by atoms with E-state index in [1.54, 1.807) is 48.7 Å². The summed E-state index contributed by atoms with van der Waals surface area (Å²) in [6.45, 7) is 6.18. The van der Waals surface area contributed by atoms with Crippen molar-refractivity contribution in [3.8, 4) is 5.75 Å². The van der Waals surface area contributed by atoms with Gasteiger partial charge in [0, 0.05) is 18.0 Å². The Labute approximate surface area is 182 Å². The SMILES string of the molecule is COc1ccc(NS(=O)(=O)c2ccc(C(C)(C)C)cc2)nc1CC(=O)c1cccnc1. The van der Waals surface area contributed by atoms with Crippen LogP contribution in [-0.4, -0.2) is 31.3 Å². The van der Waals surface area contributed by atoms with Gasteiger partial charge >= 0.3 is 0 Å². The van der Waals surface area contributed by atoms with Crippen LogP contribution in [0.3, 0.4) is 0 Å². The summed E-state index contributed by atoms with van der Waals surface area (Å²) in [5, 5.41) is 0. The number of nitrogens with one attached hydrogen (secondary N) is 1. The number of sulfonamides is 1. The van der Waals surface area contributed by atoms with E-state index < -0.39 is 10.0 Å². The third-order valence-corrected chi connectivity index (χ3v) is 6.10. The fraction of sp³-hybridized carbons (Fsp3) is 0.261. The first-order valence-corrected chi connectivity index (χ1v) is 11.2. The normalized spacial score (nSPS) is 11.7. The van der Waals surface area contributed by atoms with Crippen molar-refractivity contribution in [3.05, 3.63) is 77.7 Å². The van der Waals surface area contributed by atoms with Crippen LogP contribution in [-0.2, 0) is 21.9 Å². The first-order valence-electron chi connectivity index (χ1n) is 9.70. The first-order chi connectivity index (χ1) is 14.6. The summed E-state index contributed by atoms with van der Waals surface area (Å²) >= 11 is 0. The average molecular weight is 440 g/mol. The van der Waals surface area contributed by atoms with Gasteiger partial charge in [-0.1, -0.05) is 32.9 Å². The van der Waals surface area contributed by atoms with Gasteiger partial charge in [-0.05, 0) is 47.4 Å². The van der Waals surface area contributed by atoms with Crippen LogP contribution in [0, 0.1) is 0 Å². The molecule has 0 aliphatic carbocycles. The molecule has 1 N–H and O–H groups in total. The quantitative estimate of drug-likeness (QED) is 0.559. The zero-order chi connectivity index (χ0) is 22.6. The van der Waals surface area contributed by atoms with E-state index >= 15 is 0 Å². The predicted octanol–water partition coefficient (Wildman–Crippen LogP) is 4.01. The van der Waals surface area contributed by atoms with Gasteiger partial charge in [-0.3, -0.25) is 14.5 Å². The molecule has 0 radical (unpaired) electrons. The van der Waals surface area contributed by atoms with Crippen LogP contribution < -0.4 is 9.46 Å². The molecule has 31 heavy (non-hydrogen) atoms. The van der Waals surface area contributed by atoms with Gasteiger partial charge in [0.1, 0.15) is 11.6 Å². The summed E-state index contributed by atoms with van der Waals surface area (Å²) in [6.07, 6.45) is 3.01. The topological polar surface area (TPSA) is 98.2 Å². The van der Waals surface area contributed by atoms with Crippen LogP contribution >= 0.6 is 0 Å². The van der Waals surface area contributed by atoms with E-state index in [-0.39, 0.29) is 28.3 Å². The Morgan fingerprint density at radius 3 is 2.35 bits per heavy atom. The molecule has 1 aromatic carbocycles. The number of nitrogens with zero attached hydrogens (tertiary/aromatic N) is 2. The summed E-state index contributed by atoms with van der Waals surface area (Å²) in [6, 6.07) is 13.2. The lowest BCUT2D eigenvalue weighted by Gasteiger charge is -2.19. The maximum Gasteiger partial charge on any atom is 0.263 e. The number of methoxy groups -OCH3 is 1. The number of hydrogen-bond donors (Lipinski definition) is 1. The molecule has 3 aromatic rings. The molecule has 8 heteroatoms. The molecule has 0 unspecified atom stereocenters. The summed E-state index contributed by atoms with van der Waals surface area (Å²) in [5.74, 6) is 0.307. The van der Waals surface area contributed by atoms with Crippen molar-refractivity contribution < 1.29 is 17.9 Å². The smallest absolute Gasteiger partial charge is 0.263 e. The number of ether oxygens (including phenoxy) is 1. The van der Waals surface area contributed by atoms with Crippen molar-refractivity contribution in [3.63, 3.8) is 0 Å². The van der Waals surface area contributed by atoms with Gasteiger partial charge in [0.15, 0.2) is 5.78 Å². The van der Waals surface area contributed by atoms with Crippen LogP contribution in [0.25, 0.3) is 0 Å². The number of Topliss-reactive ketones (excluding diaryl/α,β-unsaturated/α-hetero) is 1. The standard InChI is InChI=1S/C23H25N3O4S/c1-23(2,3)17-7-9-18(10-8-17)31(28,29)26-22-12-11-21(30-4)19(25-22)14-20(27)16-6-5-13-24-15-16/h5-13,15H,14H2,1-4H3,(H,25,26). The molecule has 0 amide bonds. The Hall–Kier alpha value is -3.26. The molecule has 0 atom stereocenters. The summed E-state index contributed by atoms with van der Waals surface area (Å²) in [7, 11) is -2.37. The Kier molecular flexibility index (Phi) is 6.40. The Balaban J connectivity index is 1.84. The second kappa shape index (κ2) is 8.85. The van der Waals surface area contributed by atoms with Crippen molar-refractivity contribution >= 4 is 21.6 Å². The second-order valence-corrected chi connectivity index (χ2v) is 9.75. The van der Waals surface area contributed by atoms with Crippen molar-refractivity contribution in [2.45, 2.75) is 37.5 Å². The van der Waals surface area contributed by atoms with E-state index in [9.17, 15) is 13.2 Å². The minimum atomic E-state index is -3.84. The van der Waals surface area contributed by atoms with Crippen molar-refractivity contribution in [2.24, 2.45) is 0 Å². The van der Waals surface area contributed by atoms with Gasteiger partial charge in [-0.25, -0.2) is 13.4 Å². The predicted molar refractivity (Wildman–Crippen MR) is 119 cm³/mol. The van der Waals surface area contributed by atoms with E-state index in [2.05, 4.69) is 35.5 Å². The number of pyridine rings is 2. The number of anilines is 1. The molecule has 0 saturated heterocycles. The zero-order valence-corrected chi connectivity index (χ0v) is 18.7. The molecular formula is C23H25N3O4S. The third kappa shape index (κ3) is 5.46. The molecule has 0 aliphatic heterocycles. The molecular weight excluding hydrogens is 414 g/mol. The van der Waals surface area contributed by atoms with E-state index in [0.29, 0.717) is 17.0 Å². The molecule has 0 aliphatic rings. The van der Waals surface area contributed by atoms with Gasteiger partial charge in [0.05, 0.1) is 24.1 Å². The largest absolute Gasteiger partial charge is 0.495 e. The van der Waals surface area contributed by atoms with Gasteiger partial charge in [0.25, 0.3) is 10.0 Å². The van der Waals surface area contributed by atoms with Gasteiger partial charge in [0.2, 0.25) is 0 Å². The van der Waals surface area contributed by atoms with Crippen LogP contribution in [0.15, 0.2) is 65.8 Å². The number of carbonyl (C=O) groups excluding carboxylic acids is 1. The van der Waals surface area contributed by atoms with Crippen LogP contribution in [0.2, 0.25) is 0 Å². The van der Waals surface area contributed by atoms with Gasteiger partial charge in [-0.15, -0.1) is 0 Å². The Bertz CT molecular complexity index is 1170. The molecule has 0 spiro atoms. The summed E-state index contributed by atoms with van der Waals surface area (Å²) in [4.78, 5) is 20.9. The molecule has 3 rings (SSSR count). The molecule has 162 valence electrons. The summed E-state index contributed by atoms with van der Waals surface area (Å²) in [5.41, 5.74) is 1.73. The van der Waals surface area contributed by atoms with Crippen molar-refractivity contribution in [1.82, 2.24) is 9.97 Å². The van der Waals surface area contributed by atoms with Crippen molar-refractivity contribution in [1.29, 1.82) is 0 Å². The van der Waals surface area contributed by atoms with Crippen LogP contribution in [0.1, 0.15) is 42.4 Å². The minimum Gasteiger partial charge on any atom is -0.495 e. The zero-order valence-electron chi connectivity index (χ0n) is 17.9. The van der Waals surface area contributed by atoms with E-state index in [4.69, 9.17) is 4.74 Å². The van der Waals surface area contributed by atoms with E-state index in [1.165, 1.54) is 19.4 Å². The fourth-order valence-electron chi connectivity index (χ4n) is 2.97. The van der Waals surface area contributed by atoms with Gasteiger partial charge < -0.3 is 4.74 Å². The highest BCUT2D eigenvalue weighted by molar-refractivity contribution is 7.92. The molecule has 0 fully saturated rings. The van der Waals surface area contributed by atoms with E-state index in [1.807, 2.05) is 0 Å². The number of rotatable bonds is 7. The summed E-state index contributed by atoms with van der Waals surface area (Å²) < 4.78 is 33.4. The molecule has 7 nitrogen and oxygen atoms in total. The molecule has 0 saturated carbocycles. The second-order valence-electron chi connectivity index (χ2n) is 8.07. The number of ketones is 1. The first kappa shape index (κ1) is 22.4. The number of carbonyl (C=O) groups is 1. The third-order valence-electron chi connectivity index (χ3n) is 4.73. The fourth-order valence-corrected chi connectivity index (χ4v) is 3.97. The number of hydrogen-bond acceptors (Lipinski definition) is 6. The monoisotopic (exact) mass is 439 g/mol. The minimum absolute atomic E-state index is 0.0509. The van der Waals surface area contributed by atoms with Crippen molar-refractivity contribution in [2.75, 3.05) is 11.8 Å². The van der Waals surface area contributed by atoms with Crippen LogP contribution in [0.4, 0.5) is 5.82 Å². The lowest BCUT2D eigenvalue weighted by Crippen LogP contribution is -2.16. The number of benzene rings is 1. The van der Waals surface area contributed by atoms with E-state index in [0.717, 1.165) is 5.56 Å².